The van der Waals surface area contributed by atoms with E-state index in [1.807, 2.05) is 0 Å². The number of carbonyl (C=O) groups excluding carboxylic acids is 1. The Balaban J connectivity index is 3.18. The molecule has 0 heterocycles. The second-order valence-electron chi connectivity index (χ2n) is 2.88. The van der Waals surface area contributed by atoms with Gasteiger partial charge in [0.25, 0.3) is 0 Å². The molecule has 0 aliphatic carbocycles. The first-order valence-electron chi connectivity index (χ1n) is 4.29. The van der Waals surface area contributed by atoms with Crippen molar-refractivity contribution in [1.29, 1.82) is 0 Å². The highest BCUT2D eigenvalue weighted by Gasteiger charge is 2.16. The van der Waals surface area contributed by atoms with Crippen LogP contribution < -0.4 is 5.73 Å². The van der Waals surface area contributed by atoms with Gasteiger partial charge >= 0.3 is 5.97 Å². The second-order valence-corrected chi connectivity index (χ2v) is 3.26. The van der Waals surface area contributed by atoms with E-state index >= 15 is 0 Å². The van der Waals surface area contributed by atoms with Crippen molar-refractivity contribution in [2.75, 3.05) is 12.3 Å². The number of hydrogen-bond donors (Lipinski definition) is 1. The van der Waals surface area contributed by atoms with E-state index in [0.717, 1.165) is 5.56 Å². The molecule has 1 aromatic rings. The van der Waals surface area contributed by atoms with Crippen LogP contribution in [0.15, 0.2) is 12.1 Å². The smallest absolute Gasteiger partial charge is 0.339 e. The molecule has 76 valence electrons. The number of halogens is 1. The number of ether oxygens (including phenoxy) is 1. The van der Waals surface area contributed by atoms with E-state index in [-0.39, 0.29) is 5.02 Å². The fourth-order valence-corrected chi connectivity index (χ4v) is 1.43. The number of benzene rings is 1. The van der Waals surface area contributed by atoms with Crippen molar-refractivity contribution in [1.82, 2.24) is 0 Å². The van der Waals surface area contributed by atoms with E-state index in [0.29, 0.717) is 17.9 Å². The first-order valence-corrected chi connectivity index (χ1v) is 4.67. The predicted octanol–water partition coefficient (Wildman–Crippen LogP) is 2.41. The van der Waals surface area contributed by atoms with Gasteiger partial charge in [-0.2, -0.15) is 0 Å². The highest BCUT2D eigenvalue weighted by molar-refractivity contribution is 6.36. The van der Waals surface area contributed by atoms with Crippen molar-refractivity contribution in [2.24, 2.45) is 0 Å². The van der Waals surface area contributed by atoms with Gasteiger partial charge in [-0.1, -0.05) is 17.7 Å². The largest absolute Gasteiger partial charge is 0.462 e. The van der Waals surface area contributed by atoms with Crippen LogP contribution in [0.5, 0.6) is 0 Å². The summed E-state index contributed by atoms with van der Waals surface area (Å²) in [4.78, 5) is 11.5. The minimum absolute atomic E-state index is 0.267. The molecule has 0 radical (unpaired) electrons. The van der Waals surface area contributed by atoms with Crippen LogP contribution >= 0.6 is 11.6 Å². The molecule has 0 atom stereocenters. The summed E-state index contributed by atoms with van der Waals surface area (Å²) in [5.74, 6) is -0.428. The van der Waals surface area contributed by atoms with Crippen molar-refractivity contribution in [3.8, 4) is 0 Å². The molecule has 0 unspecified atom stereocenters. The fourth-order valence-electron chi connectivity index (χ4n) is 1.14. The topological polar surface area (TPSA) is 52.3 Å². The number of carbonyl (C=O) groups is 1. The molecule has 0 saturated heterocycles. The van der Waals surface area contributed by atoms with Crippen molar-refractivity contribution in [3.05, 3.63) is 28.3 Å². The molecule has 1 aromatic carbocycles. The third-order valence-corrected chi connectivity index (χ3v) is 2.27. The molecule has 0 spiro atoms. The second kappa shape index (κ2) is 4.33. The van der Waals surface area contributed by atoms with Crippen LogP contribution in [-0.4, -0.2) is 12.6 Å². The van der Waals surface area contributed by atoms with Crippen LogP contribution in [0.25, 0.3) is 0 Å². The lowest BCUT2D eigenvalue weighted by Gasteiger charge is -2.08. The van der Waals surface area contributed by atoms with E-state index in [4.69, 9.17) is 22.1 Å². The number of rotatable bonds is 2. The number of esters is 1. The van der Waals surface area contributed by atoms with E-state index in [2.05, 4.69) is 0 Å². The van der Waals surface area contributed by atoms with Gasteiger partial charge in [0, 0.05) is 0 Å². The average Bonchev–Trinajstić information content (AvgIpc) is 2.13. The molecule has 14 heavy (non-hydrogen) atoms. The molecule has 0 bridgehead atoms. The third kappa shape index (κ3) is 1.99. The Kier molecular flexibility index (Phi) is 3.36. The summed E-state index contributed by atoms with van der Waals surface area (Å²) < 4.78 is 4.87. The zero-order valence-electron chi connectivity index (χ0n) is 8.13. The van der Waals surface area contributed by atoms with E-state index < -0.39 is 5.97 Å². The number of anilines is 1. The summed E-state index contributed by atoms with van der Waals surface area (Å²) in [6.07, 6.45) is 0. The van der Waals surface area contributed by atoms with Crippen LogP contribution in [-0.2, 0) is 4.74 Å². The number of aryl methyl sites for hydroxylation is 1. The lowest BCUT2D eigenvalue weighted by Crippen LogP contribution is -2.08. The van der Waals surface area contributed by atoms with Crippen molar-refractivity contribution >= 4 is 23.3 Å². The normalized spacial score (nSPS) is 9.93. The zero-order chi connectivity index (χ0) is 10.7. The molecule has 3 nitrogen and oxygen atoms in total. The summed E-state index contributed by atoms with van der Waals surface area (Å²) in [6, 6.07) is 3.41. The molecule has 0 aliphatic rings. The standard InChI is InChI=1S/C10H12ClNO2/c1-3-14-10(13)8-6(2)4-5-7(12)9(8)11/h4-5H,3,12H2,1-2H3. The predicted molar refractivity (Wildman–Crippen MR) is 56.6 cm³/mol. The maximum Gasteiger partial charge on any atom is 0.339 e. The molecule has 4 heteroatoms. The molecular formula is C10H12ClNO2. The van der Waals surface area contributed by atoms with Crippen LogP contribution in [0.2, 0.25) is 5.02 Å². The van der Waals surface area contributed by atoms with Crippen LogP contribution in [0.1, 0.15) is 22.8 Å². The van der Waals surface area contributed by atoms with Gasteiger partial charge in [0.2, 0.25) is 0 Å². The summed E-state index contributed by atoms with van der Waals surface area (Å²) >= 11 is 5.90. The van der Waals surface area contributed by atoms with Crippen molar-refractivity contribution < 1.29 is 9.53 Å². The average molecular weight is 214 g/mol. The number of nitrogens with two attached hydrogens (primary N) is 1. The molecule has 0 aliphatic heterocycles. The fraction of sp³-hybridized carbons (Fsp3) is 0.300. The third-order valence-electron chi connectivity index (χ3n) is 1.86. The van der Waals surface area contributed by atoms with E-state index in [1.54, 1.807) is 26.0 Å². The monoisotopic (exact) mass is 213 g/mol. The molecule has 2 N–H and O–H groups in total. The Morgan fingerprint density at radius 1 is 1.57 bits per heavy atom. The first-order chi connectivity index (χ1) is 6.57. The molecule has 0 fully saturated rings. The quantitative estimate of drug-likeness (QED) is 0.606. The van der Waals surface area contributed by atoms with Gasteiger partial charge < -0.3 is 10.5 Å². The van der Waals surface area contributed by atoms with Gasteiger partial charge in [-0.15, -0.1) is 0 Å². The highest BCUT2D eigenvalue weighted by Crippen LogP contribution is 2.26. The summed E-state index contributed by atoms with van der Waals surface area (Å²) in [7, 11) is 0. The Morgan fingerprint density at radius 3 is 2.79 bits per heavy atom. The van der Waals surface area contributed by atoms with Gasteiger partial charge in [-0.05, 0) is 25.5 Å². The first kappa shape index (κ1) is 10.9. The Bertz CT molecular complexity index is 363. The van der Waals surface area contributed by atoms with Crippen molar-refractivity contribution in [2.45, 2.75) is 13.8 Å². The van der Waals surface area contributed by atoms with E-state index in [1.165, 1.54) is 0 Å². The van der Waals surface area contributed by atoms with Gasteiger partial charge in [0.05, 0.1) is 22.9 Å². The molecule has 1 rings (SSSR count). The van der Waals surface area contributed by atoms with Gasteiger partial charge in [-0.3, -0.25) is 0 Å². The minimum atomic E-state index is -0.428. The van der Waals surface area contributed by atoms with Gasteiger partial charge in [-0.25, -0.2) is 4.79 Å². The van der Waals surface area contributed by atoms with Gasteiger partial charge in [0.1, 0.15) is 0 Å². The van der Waals surface area contributed by atoms with Crippen molar-refractivity contribution in [3.63, 3.8) is 0 Å². The van der Waals surface area contributed by atoms with E-state index in [9.17, 15) is 4.79 Å². The Morgan fingerprint density at radius 2 is 2.21 bits per heavy atom. The molecule has 0 saturated carbocycles. The van der Waals surface area contributed by atoms with Crippen LogP contribution in [0.3, 0.4) is 0 Å². The summed E-state index contributed by atoms with van der Waals surface area (Å²) in [5.41, 5.74) is 7.09. The van der Waals surface area contributed by atoms with Gasteiger partial charge in [0.15, 0.2) is 0 Å². The van der Waals surface area contributed by atoms with Crippen LogP contribution in [0.4, 0.5) is 5.69 Å². The lowest BCUT2D eigenvalue weighted by molar-refractivity contribution is 0.0526. The maximum atomic E-state index is 11.5. The maximum absolute atomic E-state index is 11.5. The Hall–Kier alpha value is -1.22. The molecule has 0 amide bonds. The Labute approximate surface area is 87.8 Å². The lowest BCUT2D eigenvalue weighted by atomic mass is 10.1. The highest BCUT2D eigenvalue weighted by atomic mass is 35.5. The number of hydrogen-bond acceptors (Lipinski definition) is 3. The summed E-state index contributed by atoms with van der Waals surface area (Å²) in [6.45, 7) is 3.86. The SMILES string of the molecule is CCOC(=O)c1c(C)ccc(N)c1Cl. The number of nitrogen functional groups attached to an aromatic ring is 1. The van der Waals surface area contributed by atoms with Crippen LogP contribution in [0, 0.1) is 6.92 Å². The zero-order valence-corrected chi connectivity index (χ0v) is 8.89. The summed E-state index contributed by atoms with van der Waals surface area (Å²) in [5, 5.41) is 0.267. The molecule has 0 aromatic heterocycles. The minimum Gasteiger partial charge on any atom is -0.462 e. The molecular weight excluding hydrogens is 202 g/mol.